The van der Waals surface area contributed by atoms with Crippen molar-refractivity contribution < 1.29 is 23.0 Å². The molecule has 1 fully saturated rings. The third-order valence-electron chi connectivity index (χ3n) is 4.43. The molecule has 1 atom stereocenters. The Hall–Kier alpha value is -2.79. The third kappa shape index (κ3) is 4.30. The molecule has 2 aromatic heterocycles. The van der Waals surface area contributed by atoms with Crippen LogP contribution in [0, 0.1) is 0 Å². The van der Waals surface area contributed by atoms with E-state index < -0.39 is 11.7 Å². The summed E-state index contributed by atoms with van der Waals surface area (Å²) in [7, 11) is 0. The quantitative estimate of drug-likeness (QED) is 0.675. The predicted molar refractivity (Wildman–Crippen MR) is 99.5 cm³/mol. The molecule has 0 spiro atoms. The second-order valence-electron chi connectivity index (χ2n) is 6.40. The topological polar surface area (TPSA) is 84.3 Å². The Morgan fingerprint density at radius 2 is 1.93 bits per heavy atom. The van der Waals surface area contributed by atoms with Gasteiger partial charge in [-0.2, -0.15) is 13.2 Å². The number of aliphatic hydroxyl groups excluding tert-OH is 1. The van der Waals surface area contributed by atoms with Gasteiger partial charge in [0.05, 0.1) is 18.7 Å². The van der Waals surface area contributed by atoms with Gasteiger partial charge in [-0.25, -0.2) is 0 Å². The maximum atomic E-state index is 13.1. The summed E-state index contributed by atoms with van der Waals surface area (Å²) >= 11 is 1.23. The van der Waals surface area contributed by atoms with Crippen molar-refractivity contribution >= 4 is 17.2 Å². The van der Waals surface area contributed by atoms with Crippen LogP contribution in [-0.4, -0.2) is 44.7 Å². The standard InChI is InChI=1S/C18H16F3N5O2S/c19-18(20,21)12-3-1-2-4-14(12)28-11-7-8-26(9-11)15-6-5-13(22-23-15)17-25-24-16(10-27)29-17/h1-6,11,27H,7-10H2/t11-/m0/s1. The number of halogens is 3. The largest absolute Gasteiger partial charge is 0.488 e. The Bertz CT molecular complexity index is 980. The molecule has 29 heavy (non-hydrogen) atoms. The van der Waals surface area contributed by atoms with Crippen molar-refractivity contribution in [3.8, 4) is 16.5 Å². The number of ether oxygens (including phenoxy) is 1. The smallest absolute Gasteiger partial charge is 0.419 e. The number of nitrogens with zero attached hydrogens (tertiary/aromatic N) is 5. The maximum absolute atomic E-state index is 13.1. The lowest BCUT2D eigenvalue weighted by Gasteiger charge is -2.19. The average molecular weight is 423 g/mol. The van der Waals surface area contributed by atoms with E-state index >= 15 is 0 Å². The maximum Gasteiger partial charge on any atom is 0.419 e. The second-order valence-corrected chi connectivity index (χ2v) is 7.47. The van der Waals surface area contributed by atoms with Crippen LogP contribution in [0.4, 0.5) is 19.0 Å². The van der Waals surface area contributed by atoms with Crippen molar-refractivity contribution in [2.45, 2.75) is 25.3 Å². The molecule has 3 heterocycles. The Morgan fingerprint density at radius 3 is 2.62 bits per heavy atom. The van der Waals surface area contributed by atoms with Gasteiger partial charge < -0.3 is 14.7 Å². The molecule has 4 rings (SSSR count). The van der Waals surface area contributed by atoms with Crippen molar-refractivity contribution in [1.82, 2.24) is 20.4 Å². The van der Waals surface area contributed by atoms with Crippen LogP contribution in [-0.2, 0) is 12.8 Å². The number of benzene rings is 1. The van der Waals surface area contributed by atoms with Crippen molar-refractivity contribution in [1.29, 1.82) is 0 Å². The molecule has 152 valence electrons. The Kier molecular flexibility index (Phi) is 5.33. The lowest BCUT2D eigenvalue weighted by molar-refractivity contribution is -0.139. The Balaban J connectivity index is 1.43. The summed E-state index contributed by atoms with van der Waals surface area (Å²) in [6.07, 6.45) is -4.27. The van der Waals surface area contributed by atoms with Gasteiger partial charge in [0.2, 0.25) is 0 Å². The molecule has 0 saturated carbocycles. The van der Waals surface area contributed by atoms with Crippen LogP contribution in [0.15, 0.2) is 36.4 Å². The van der Waals surface area contributed by atoms with E-state index in [0.29, 0.717) is 41.0 Å². The fraction of sp³-hybridized carbons (Fsp3) is 0.333. The average Bonchev–Trinajstić information content (AvgIpc) is 3.37. The Labute approximate surface area is 167 Å². The van der Waals surface area contributed by atoms with E-state index in [0.717, 1.165) is 6.07 Å². The van der Waals surface area contributed by atoms with Gasteiger partial charge in [-0.1, -0.05) is 23.5 Å². The summed E-state index contributed by atoms with van der Waals surface area (Å²) in [5.41, 5.74) is -0.237. The number of anilines is 1. The molecule has 0 unspecified atom stereocenters. The molecule has 1 saturated heterocycles. The molecule has 0 aliphatic carbocycles. The zero-order valence-corrected chi connectivity index (χ0v) is 15.8. The van der Waals surface area contributed by atoms with Gasteiger partial charge in [0, 0.05) is 13.0 Å². The van der Waals surface area contributed by atoms with Crippen molar-refractivity contribution in [3.05, 3.63) is 47.0 Å². The summed E-state index contributed by atoms with van der Waals surface area (Å²) in [4.78, 5) is 1.91. The van der Waals surface area contributed by atoms with Gasteiger partial charge in [-0.3, -0.25) is 0 Å². The SMILES string of the molecule is OCc1nnc(-c2ccc(N3CC[C@H](Oc4ccccc4C(F)(F)F)C3)nn2)s1. The molecule has 7 nitrogen and oxygen atoms in total. The lowest BCUT2D eigenvalue weighted by atomic mass is 10.2. The van der Waals surface area contributed by atoms with Gasteiger partial charge in [0.25, 0.3) is 0 Å². The molecule has 1 aliphatic rings. The van der Waals surface area contributed by atoms with E-state index in [1.807, 2.05) is 4.90 Å². The van der Waals surface area contributed by atoms with Gasteiger partial charge in [0.1, 0.15) is 22.6 Å². The van der Waals surface area contributed by atoms with E-state index in [1.54, 1.807) is 12.1 Å². The van der Waals surface area contributed by atoms with Crippen molar-refractivity contribution in [2.75, 3.05) is 18.0 Å². The fourth-order valence-electron chi connectivity index (χ4n) is 3.04. The molecule has 1 aromatic carbocycles. The zero-order chi connectivity index (χ0) is 20.4. The minimum atomic E-state index is -4.46. The number of hydrogen-bond acceptors (Lipinski definition) is 8. The molecule has 0 bridgehead atoms. The first kappa shape index (κ1) is 19.5. The molecular formula is C18H16F3N5O2S. The highest BCUT2D eigenvalue weighted by molar-refractivity contribution is 7.14. The molecular weight excluding hydrogens is 407 g/mol. The minimum Gasteiger partial charge on any atom is -0.488 e. The van der Waals surface area contributed by atoms with Crippen LogP contribution in [0.1, 0.15) is 17.0 Å². The fourth-order valence-corrected chi connectivity index (χ4v) is 3.71. The number of aliphatic hydroxyl groups is 1. The predicted octanol–water partition coefficient (Wildman–Crippen LogP) is 3.16. The third-order valence-corrected chi connectivity index (χ3v) is 5.36. The number of aromatic nitrogens is 4. The van der Waals surface area contributed by atoms with Gasteiger partial charge >= 0.3 is 6.18 Å². The van der Waals surface area contributed by atoms with Crippen LogP contribution < -0.4 is 9.64 Å². The summed E-state index contributed by atoms with van der Waals surface area (Å²) in [6.45, 7) is 0.823. The minimum absolute atomic E-state index is 0.163. The number of rotatable bonds is 5. The van der Waals surface area contributed by atoms with E-state index in [1.165, 1.54) is 29.5 Å². The zero-order valence-electron chi connectivity index (χ0n) is 15.0. The first-order valence-corrected chi connectivity index (χ1v) is 9.61. The second kappa shape index (κ2) is 7.91. The molecule has 11 heteroatoms. The molecule has 1 N–H and O–H groups in total. The highest BCUT2D eigenvalue weighted by Gasteiger charge is 2.35. The van der Waals surface area contributed by atoms with Gasteiger partial charge in [-0.15, -0.1) is 20.4 Å². The summed E-state index contributed by atoms with van der Waals surface area (Å²) in [6, 6.07) is 8.74. The van der Waals surface area contributed by atoms with E-state index in [-0.39, 0.29) is 18.5 Å². The summed E-state index contributed by atoms with van der Waals surface area (Å²) < 4.78 is 45.0. The number of alkyl halides is 3. The van der Waals surface area contributed by atoms with Crippen LogP contribution >= 0.6 is 11.3 Å². The first-order chi connectivity index (χ1) is 13.9. The van der Waals surface area contributed by atoms with Crippen LogP contribution in [0.5, 0.6) is 5.75 Å². The molecule has 1 aliphatic heterocycles. The molecule has 0 amide bonds. The first-order valence-electron chi connectivity index (χ1n) is 8.79. The van der Waals surface area contributed by atoms with Gasteiger partial charge in [0.15, 0.2) is 10.8 Å². The van der Waals surface area contributed by atoms with Crippen LogP contribution in [0.2, 0.25) is 0 Å². The molecule has 0 radical (unpaired) electrons. The summed E-state index contributed by atoms with van der Waals surface area (Å²) in [5.74, 6) is 0.445. The molecule has 3 aromatic rings. The van der Waals surface area contributed by atoms with Crippen LogP contribution in [0.3, 0.4) is 0 Å². The van der Waals surface area contributed by atoms with Gasteiger partial charge in [-0.05, 0) is 24.3 Å². The number of hydrogen-bond donors (Lipinski definition) is 1. The Morgan fingerprint density at radius 1 is 1.10 bits per heavy atom. The number of para-hydroxylation sites is 1. The highest BCUT2D eigenvalue weighted by Crippen LogP contribution is 2.37. The van der Waals surface area contributed by atoms with E-state index in [4.69, 9.17) is 9.84 Å². The van der Waals surface area contributed by atoms with Crippen molar-refractivity contribution in [2.24, 2.45) is 0 Å². The van der Waals surface area contributed by atoms with Crippen LogP contribution in [0.25, 0.3) is 10.7 Å². The lowest BCUT2D eigenvalue weighted by Crippen LogP contribution is -2.26. The monoisotopic (exact) mass is 423 g/mol. The van der Waals surface area contributed by atoms with E-state index in [2.05, 4.69) is 20.4 Å². The van der Waals surface area contributed by atoms with Crippen molar-refractivity contribution in [3.63, 3.8) is 0 Å². The normalized spacial score (nSPS) is 17.0. The highest BCUT2D eigenvalue weighted by atomic mass is 32.1. The summed E-state index contributed by atoms with van der Waals surface area (Å²) in [5, 5.41) is 26.2. The van der Waals surface area contributed by atoms with E-state index in [9.17, 15) is 13.2 Å².